The molecule has 2 atom stereocenters. The second-order valence-electron chi connectivity index (χ2n) is 5.80. The van der Waals surface area contributed by atoms with Crippen molar-refractivity contribution in [3.05, 3.63) is 69.4 Å². The van der Waals surface area contributed by atoms with Crippen LogP contribution < -0.4 is 5.56 Å². The molecule has 2 unspecified atom stereocenters. The zero-order valence-electron chi connectivity index (χ0n) is 12.6. The molecule has 1 aromatic carbocycles. The van der Waals surface area contributed by atoms with E-state index in [1.807, 2.05) is 0 Å². The third-order valence-corrected chi connectivity index (χ3v) is 4.06. The van der Waals surface area contributed by atoms with Crippen LogP contribution in [0, 0.1) is 12.7 Å². The fraction of sp³-hybridized carbons (Fsp3) is 0.294. The number of likely N-dealkylation sites (tertiary alicyclic amines) is 1. The lowest BCUT2D eigenvalue weighted by Crippen LogP contribution is -2.35. The number of benzene rings is 1. The van der Waals surface area contributed by atoms with Crippen LogP contribution in [0.15, 0.2) is 41.2 Å². The van der Waals surface area contributed by atoms with E-state index in [0.29, 0.717) is 17.7 Å². The van der Waals surface area contributed by atoms with Crippen LogP contribution in [0.3, 0.4) is 0 Å². The molecule has 1 aliphatic rings. The average molecular weight is 316 g/mol. The van der Waals surface area contributed by atoms with Gasteiger partial charge in [-0.15, -0.1) is 0 Å². The van der Waals surface area contributed by atoms with E-state index in [1.54, 1.807) is 25.1 Å². The quantitative estimate of drug-likeness (QED) is 0.887. The van der Waals surface area contributed by atoms with Crippen LogP contribution in [0.4, 0.5) is 4.39 Å². The van der Waals surface area contributed by atoms with Crippen LogP contribution in [0.5, 0.6) is 0 Å². The maximum atomic E-state index is 13.5. The first-order valence-corrected chi connectivity index (χ1v) is 7.40. The largest absolute Gasteiger partial charge is 0.391 e. The lowest BCUT2D eigenvalue weighted by atomic mass is 10.0. The highest BCUT2D eigenvalue weighted by Gasteiger charge is 2.36. The molecule has 1 fully saturated rings. The summed E-state index contributed by atoms with van der Waals surface area (Å²) >= 11 is 0. The number of amides is 1. The number of H-pyrrole nitrogens is 1. The summed E-state index contributed by atoms with van der Waals surface area (Å²) in [4.78, 5) is 28.7. The standard InChI is InChI=1S/C17H17FN2O3/c1-10-5-6-14(16(22)19-10)17(23)20-9-13(21)8-15(20)11-3-2-4-12(18)7-11/h2-7,13,15,21H,8-9H2,1H3,(H,19,22). The van der Waals surface area contributed by atoms with Gasteiger partial charge in [0.1, 0.15) is 11.4 Å². The second kappa shape index (κ2) is 5.96. The Bertz CT molecular complexity index is 802. The van der Waals surface area contributed by atoms with Gasteiger partial charge in [-0.2, -0.15) is 0 Å². The van der Waals surface area contributed by atoms with Crippen molar-refractivity contribution in [3.63, 3.8) is 0 Å². The van der Waals surface area contributed by atoms with Crippen molar-refractivity contribution in [2.45, 2.75) is 25.5 Å². The number of hydrogen-bond donors (Lipinski definition) is 2. The summed E-state index contributed by atoms with van der Waals surface area (Å²) in [5.41, 5.74) is 0.827. The molecule has 120 valence electrons. The molecule has 5 nitrogen and oxygen atoms in total. The summed E-state index contributed by atoms with van der Waals surface area (Å²) in [7, 11) is 0. The van der Waals surface area contributed by atoms with E-state index < -0.39 is 29.4 Å². The minimum Gasteiger partial charge on any atom is -0.391 e. The molecule has 2 N–H and O–H groups in total. The number of hydrogen-bond acceptors (Lipinski definition) is 3. The maximum Gasteiger partial charge on any atom is 0.260 e. The van der Waals surface area contributed by atoms with Gasteiger partial charge >= 0.3 is 0 Å². The fourth-order valence-corrected chi connectivity index (χ4v) is 2.96. The summed E-state index contributed by atoms with van der Waals surface area (Å²) in [5.74, 6) is -0.860. The van der Waals surface area contributed by atoms with E-state index in [2.05, 4.69) is 4.98 Å². The van der Waals surface area contributed by atoms with Gasteiger partial charge in [0.15, 0.2) is 0 Å². The molecule has 0 spiro atoms. The number of nitrogens with zero attached hydrogens (tertiary/aromatic N) is 1. The van der Waals surface area contributed by atoms with Crippen molar-refractivity contribution in [1.29, 1.82) is 0 Å². The Hall–Kier alpha value is -2.47. The summed E-state index contributed by atoms with van der Waals surface area (Å²) in [6, 6.07) is 8.63. The molecule has 1 aliphatic heterocycles. The zero-order chi connectivity index (χ0) is 16.6. The Morgan fingerprint density at radius 3 is 2.83 bits per heavy atom. The molecule has 0 bridgehead atoms. The van der Waals surface area contributed by atoms with Crippen LogP contribution in [-0.2, 0) is 0 Å². The lowest BCUT2D eigenvalue weighted by Gasteiger charge is -2.24. The number of nitrogens with one attached hydrogen (secondary N) is 1. The van der Waals surface area contributed by atoms with Gasteiger partial charge in [0, 0.05) is 12.2 Å². The molecule has 1 amide bonds. The predicted molar refractivity (Wildman–Crippen MR) is 82.6 cm³/mol. The minimum atomic E-state index is -0.697. The number of carbonyl (C=O) groups is 1. The van der Waals surface area contributed by atoms with Gasteiger partial charge in [-0.3, -0.25) is 9.59 Å². The number of aromatic nitrogens is 1. The normalized spacial score (nSPS) is 20.7. The molecule has 2 heterocycles. The maximum absolute atomic E-state index is 13.5. The molecular weight excluding hydrogens is 299 g/mol. The van der Waals surface area contributed by atoms with Gasteiger partial charge in [0.05, 0.1) is 12.1 Å². The average Bonchev–Trinajstić information content (AvgIpc) is 2.89. The topological polar surface area (TPSA) is 73.4 Å². The number of aliphatic hydroxyl groups is 1. The first-order valence-electron chi connectivity index (χ1n) is 7.40. The van der Waals surface area contributed by atoms with Crippen molar-refractivity contribution in [2.75, 3.05) is 6.54 Å². The van der Waals surface area contributed by atoms with E-state index in [0.717, 1.165) is 0 Å². The first-order chi connectivity index (χ1) is 11.0. The Morgan fingerprint density at radius 1 is 1.35 bits per heavy atom. The third-order valence-electron chi connectivity index (χ3n) is 4.06. The summed E-state index contributed by atoms with van der Waals surface area (Å²) in [6.07, 6.45) is -0.379. The van der Waals surface area contributed by atoms with Gasteiger partial charge in [0.25, 0.3) is 11.5 Å². The highest BCUT2D eigenvalue weighted by Crippen LogP contribution is 2.33. The van der Waals surface area contributed by atoms with Gasteiger partial charge in [-0.1, -0.05) is 12.1 Å². The summed E-state index contributed by atoms with van der Waals surface area (Å²) in [5, 5.41) is 9.94. The van der Waals surface area contributed by atoms with Crippen molar-refractivity contribution >= 4 is 5.91 Å². The van der Waals surface area contributed by atoms with Gasteiger partial charge in [0.2, 0.25) is 0 Å². The molecule has 6 heteroatoms. The van der Waals surface area contributed by atoms with Gasteiger partial charge < -0.3 is 15.0 Å². The van der Waals surface area contributed by atoms with Crippen LogP contribution in [0.1, 0.15) is 34.1 Å². The number of β-amino-alcohol motifs (C(OH)–C–C–N with tert-alkyl or cyclic N) is 1. The number of aryl methyl sites for hydroxylation is 1. The number of pyridine rings is 1. The van der Waals surface area contributed by atoms with Crippen LogP contribution >= 0.6 is 0 Å². The SMILES string of the molecule is Cc1ccc(C(=O)N2CC(O)CC2c2cccc(F)c2)c(=O)[nH]1. The van der Waals surface area contributed by atoms with Gasteiger partial charge in [-0.05, 0) is 43.2 Å². The van der Waals surface area contributed by atoms with E-state index in [1.165, 1.54) is 23.1 Å². The first kappa shape index (κ1) is 15.4. The Labute approximate surface area is 132 Å². The predicted octanol–water partition coefficient (Wildman–Crippen LogP) is 1.77. The molecule has 1 aromatic heterocycles. The highest BCUT2D eigenvalue weighted by molar-refractivity contribution is 5.94. The number of carbonyl (C=O) groups excluding carboxylic acids is 1. The Balaban J connectivity index is 1.96. The molecule has 3 rings (SSSR count). The van der Waals surface area contributed by atoms with E-state index >= 15 is 0 Å². The van der Waals surface area contributed by atoms with Gasteiger partial charge in [-0.25, -0.2) is 4.39 Å². The molecule has 2 aromatic rings. The third kappa shape index (κ3) is 3.03. The lowest BCUT2D eigenvalue weighted by molar-refractivity contribution is 0.0713. The number of rotatable bonds is 2. The number of halogens is 1. The van der Waals surface area contributed by atoms with Crippen molar-refractivity contribution < 1.29 is 14.3 Å². The summed E-state index contributed by atoms with van der Waals surface area (Å²) < 4.78 is 13.5. The van der Waals surface area contributed by atoms with E-state index in [-0.39, 0.29) is 12.1 Å². The van der Waals surface area contributed by atoms with E-state index in [9.17, 15) is 19.1 Å². The Kier molecular flexibility index (Phi) is 4.00. The van der Waals surface area contributed by atoms with E-state index in [4.69, 9.17) is 0 Å². The Morgan fingerprint density at radius 2 is 2.13 bits per heavy atom. The molecule has 1 saturated heterocycles. The van der Waals surface area contributed by atoms with Crippen LogP contribution in [-0.4, -0.2) is 33.5 Å². The number of aromatic amines is 1. The van der Waals surface area contributed by atoms with Crippen molar-refractivity contribution in [1.82, 2.24) is 9.88 Å². The number of aliphatic hydroxyl groups excluding tert-OH is 1. The van der Waals surface area contributed by atoms with Crippen LogP contribution in [0.25, 0.3) is 0 Å². The smallest absolute Gasteiger partial charge is 0.260 e. The fourth-order valence-electron chi connectivity index (χ4n) is 2.96. The second-order valence-corrected chi connectivity index (χ2v) is 5.80. The summed E-state index contributed by atoms with van der Waals surface area (Å²) in [6.45, 7) is 1.85. The molecule has 0 aliphatic carbocycles. The molecule has 0 saturated carbocycles. The molecule has 0 radical (unpaired) electrons. The minimum absolute atomic E-state index is 0.0195. The monoisotopic (exact) mass is 316 g/mol. The zero-order valence-corrected chi connectivity index (χ0v) is 12.6. The molecular formula is C17H17FN2O3. The molecule has 23 heavy (non-hydrogen) atoms. The van der Waals surface area contributed by atoms with Crippen molar-refractivity contribution in [3.8, 4) is 0 Å². The highest BCUT2D eigenvalue weighted by atomic mass is 19.1. The van der Waals surface area contributed by atoms with Crippen LogP contribution in [0.2, 0.25) is 0 Å². The van der Waals surface area contributed by atoms with Crippen molar-refractivity contribution in [2.24, 2.45) is 0 Å².